The molecule has 0 amide bonds. The van der Waals surface area contributed by atoms with Gasteiger partial charge in [-0.3, -0.25) is 4.98 Å². The molecule has 3 rings (SSSR count). The SMILES string of the molecule is COc1cc(N(CC#N)Cc2cnc3ccccc3n2)c(F)c(F)c1C#N. The summed E-state index contributed by atoms with van der Waals surface area (Å²) >= 11 is 0. The number of anilines is 1. The van der Waals surface area contributed by atoms with Crippen LogP contribution in [0.15, 0.2) is 36.5 Å². The molecule has 27 heavy (non-hydrogen) atoms. The van der Waals surface area contributed by atoms with E-state index in [9.17, 15) is 8.78 Å². The van der Waals surface area contributed by atoms with E-state index in [1.165, 1.54) is 24.3 Å². The maximum Gasteiger partial charge on any atom is 0.183 e. The summed E-state index contributed by atoms with van der Waals surface area (Å²) in [6.45, 7) is -0.198. The summed E-state index contributed by atoms with van der Waals surface area (Å²) in [5, 5.41) is 18.1. The number of methoxy groups -OCH3 is 1. The third kappa shape index (κ3) is 3.46. The lowest BCUT2D eigenvalue weighted by molar-refractivity contribution is 0.404. The summed E-state index contributed by atoms with van der Waals surface area (Å²) in [6, 6.07) is 11.9. The maximum atomic E-state index is 14.5. The quantitative estimate of drug-likeness (QED) is 0.645. The molecule has 0 saturated carbocycles. The average Bonchev–Trinajstić information content (AvgIpc) is 2.69. The van der Waals surface area contributed by atoms with Gasteiger partial charge in [-0.25, -0.2) is 13.8 Å². The standard InChI is InChI=1S/C19H13F2N5O/c1-27-17-8-16(19(21)18(20)13(17)9-23)26(7-6-22)11-12-10-24-14-4-2-3-5-15(14)25-12/h2-5,8,10H,7,11H2,1H3. The molecule has 0 aliphatic carbocycles. The summed E-state index contributed by atoms with van der Waals surface area (Å²) in [5.74, 6) is -2.66. The highest BCUT2D eigenvalue weighted by atomic mass is 19.2. The number of halogens is 2. The van der Waals surface area contributed by atoms with E-state index in [2.05, 4.69) is 9.97 Å². The zero-order chi connectivity index (χ0) is 19.4. The minimum absolute atomic E-state index is 0.0246. The number of nitriles is 2. The van der Waals surface area contributed by atoms with Gasteiger partial charge >= 0.3 is 0 Å². The van der Waals surface area contributed by atoms with E-state index in [0.717, 1.165) is 0 Å². The summed E-state index contributed by atoms with van der Waals surface area (Å²) < 4.78 is 33.8. The van der Waals surface area contributed by atoms with Crippen LogP contribution in [0.25, 0.3) is 11.0 Å². The van der Waals surface area contributed by atoms with E-state index in [1.807, 2.05) is 18.2 Å². The van der Waals surface area contributed by atoms with Crippen molar-refractivity contribution in [2.75, 3.05) is 18.6 Å². The molecular formula is C19H13F2N5O. The van der Waals surface area contributed by atoms with Crippen molar-refractivity contribution in [1.29, 1.82) is 10.5 Å². The Labute approximate surface area is 153 Å². The molecule has 0 aliphatic rings. The van der Waals surface area contributed by atoms with E-state index in [0.29, 0.717) is 16.7 Å². The van der Waals surface area contributed by atoms with Crippen LogP contribution in [0.2, 0.25) is 0 Å². The molecule has 6 nitrogen and oxygen atoms in total. The first kappa shape index (κ1) is 18.0. The number of rotatable bonds is 5. The largest absolute Gasteiger partial charge is 0.495 e. The minimum Gasteiger partial charge on any atom is -0.495 e. The van der Waals surface area contributed by atoms with Crippen LogP contribution in [0.5, 0.6) is 5.75 Å². The fourth-order valence-electron chi connectivity index (χ4n) is 2.66. The number of fused-ring (bicyclic) bond motifs is 1. The molecule has 0 spiro atoms. The highest BCUT2D eigenvalue weighted by molar-refractivity contribution is 5.73. The molecule has 3 aromatic rings. The Kier molecular flexibility index (Phi) is 5.09. The van der Waals surface area contributed by atoms with Gasteiger partial charge < -0.3 is 9.64 Å². The Balaban J connectivity index is 2.04. The second-order valence-electron chi connectivity index (χ2n) is 5.58. The van der Waals surface area contributed by atoms with E-state index >= 15 is 0 Å². The second-order valence-corrected chi connectivity index (χ2v) is 5.58. The van der Waals surface area contributed by atoms with E-state index in [1.54, 1.807) is 18.2 Å². The number of aromatic nitrogens is 2. The minimum atomic E-state index is -1.32. The molecule has 134 valence electrons. The smallest absolute Gasteiger partial charge is 0.183 e. The molecule has 0 unspecified atom stereocenters. The molecule has 0 radical (unpaired) electrons. The van der Waals surface area contributed by atoms with Crippen molar-refractivity contribution in [2.45, 2.75) is 6.54 Å². The van der Waals surface area contributed by atoms with Crippen LogP contribution >= 0.6 is 0 Å². The Bertz CT molecular complexity index is 1090. The predicted molar refractivity (Wildman–Crippen MR) is 93.8 cm³/mol. The third-order valence-electron chi connectivity index (χ3n) is 3.94. The first-order valence-electron chi connectivity index (χ1n) is 7.87. The van der Waals surface area contributed by atoms with Crippen molar-refractivity contribution in [3.63, 3.8) is 0 Å². The summed E-state index contributed by atoms with van der Waals surface area (Å²) in [5.41, 5.74) is 1.11. The first-order valence-corrected chi connectivity index (χ1v) is 7.87. The fourth-order valence-corrected chi connectivity index (χ4v) is 2.66. The topological polar surface area (TPSA) is 85.8 Å². The van der Waals surface area contributed by atoms with Crippen LogP contribution in [-0.4, -0.2) is 23.6 Å². The van der Waals surface area contributed by atoms with Crippen LogP contribution in [0.4, 0.5) is 14.5 Å². The van der Waals surface area contributed by atoms with Crippen molar-refractivity contribution in [3.05, 3.63) is 59.4 Å². The molecule has 1 heterocycles. The molecule has 2 aromatic carbocycles. The molecule has 8 heteroatoms. The average molecular weight is 365 g/mol. The number of hydrogen-bond acceptors (Lipinski definition) is 6. The van der Waals surface area contributed by atoms with E-state index < -0.39 is 17.2 Å². The Hall–Kier alpha value is -3.78. The van der Waals surface area contributed by atoms with Gasteiger partial charge in [0.2, 0.25) is 0 Å². The van der Waals surface area contributed by atoms with Gasteiger partial charge in [-0.1, -0.05) is 12.1 Å². The predicted octanol–water partition coefficient (Wildman–Crippen LogP) is 3.32. The van der Waals surface area contributed by atoms with Crippen LogP contribution in [0, 0.1) is 34.3 Å². The zero-order valence-electron chi connectivity index (χ0n) is 14.3. The normalized spacial score (nSPS) is 10.3. The van der Waals surface area contributed by atoms with Crippen molar-refractivity contribution >= 4 is 16.7 Å². The van der Waals surface area contributed by atoms with Crippen LogP contribution < -0.4 is 9.64 Å². The lowest BCUT2D eigenvalue weighted by atomic mass is 10.1. The van der Waals surface area contributed by atoms with Crippen molar-refractivity contribution in [1.82, 2.24) is 9.97 Å². The fraction of sp³-hybridized carbons (Fsp3) is 0.158. The van der Waals surface area contributed by atoms with Gasteiger partial charge in [0, 0.05) is 6.07 Å². The van der Waals surface area contributed by atoms with Crippen molar-refractivity contribution < 1.29 is 13.5 Å². The molecule has 0 aliphatic heterocycles. The molecule has 1 aromatic heterocycles. The molecule has 0 atom stereocenters. The maximum absolute atomic E-state index is 14.5. The Morgan fingerprint density at radius 1 is 1.15 bits per heavy atom. The summed E-state index contributed by atoms with van der Waals surface area (Å²) in [4.78, 5) is 10.0. The summed E-state index contributed by atoms with van der Waals surface area (Å²) in [7, 11) is 1.25. The number of hydrogen-bond donors (Lipinski definition) is 0. The van der Waals surface area contributed by atoms with Crippen LogP contribution in [0.3, 0.4) is 0 Å². The lowest BCUT2D eigenvalue weighted by Crippen LogP contribution is -2.25. The lowest BCUT2D eigenvalue weighted by Gasteiger charge is -2.23. The number of nitrogens with zero attached hydrogens (tertiary/aromatic N) is 5. The van der Waals surface area contributed by atoms with Crippen LogP contribution in [-0.2, 0) is 6.54 Å². The van der Waals surface area contributed by atoms with Crippen molar-refractivity contribution in [2.24, 2.45) is 0 Å². The first-order chi connectivity index (χ1) is 13.1. The molecule has 0 N–H and O–H groups in total. The van der Waals surface area contributed by atoms with Crippen LogP contribution in [0.1, 0.15) is 11.3 Å². The second kappa shape index (κ2) is 7.63. The summed E-state index contributed by atoms with van der Waals surface area (Å²) in [6.07, 6.45) is 1.52. The van der Waals surface area contributed by atoms with E-state index in [4.69, 9.17) is 15.3 Å². The van der Waals surface area contributed by atoms with E-state index in [-0.39, 0.29) is 24.5 Å². The number of ether oxygens (including phenoxy) is 1. The monoisotopic (exact) mass is 365 g/mol. The van der Waals surface area contributed by atoms with Crippen molar-refractivity contribution in [3.8, 4) is 17.9 Å². The van der Waals surface area contributed by atoms with Gasteiger partial charge in [-0.2, -0.15) is 10.5 Å². The highest BCUT2D eigenvalue weighted by Gasteiger charge is 2.23. The zero-order valence-corrected chi connectivity index (χ0v) is 14.3. The molecule has 0 bridgehead atoms. The van der Waals surface area contributed by atoms with Gasteiger partial charge in [0.25, 0.3) is 0 Å². The Morgan fingerprint density at radius 3 is 2.56 bits per heavy atom. The molecule has 0 fully saturated rings. The number of benzene rings is 2. The van der Waals surface area contributed by atoms with Gasteiger partial charge in [-0.05, 0) is 12.1 Å². The van der Waals surface area contributed by atoms with Gasteiger partial charge in [0.05, 0.1) is 48.3 Å². The Morgan fingerprint density at radius 2 is 1.89 bits per heavy atom. The van der Waals surface area contributed by atoms with Gasteiger partial charge in [0.1, 0.15) is 23.9 Å². The number of para-hydroxylation sites is 2. The third-order valence-corrected chi connectivity index (χ3v) is 3.94. The van der Waals surface area contributed by atoms with Gasteiger partial charge in [-0.15, -0.1) is 0 Å². The molecule has 0 saturated heterocycles. The molecular weight excluding hydrogens is 352 g/mol. The highest BCUT2D eigenvalue weighted by Crippen LogP contribution is 2.32. The van der Waals surface area contributed by atoms with Gasteiger partial charge in [0.15, 0.2) is 11.6 Å².